The summed E-state index contributed by atoms with van der Waals surface area (Å²) >= 11 is 0. The topological polar surface area (TPSA) is 32.3 Å². The first-order valence-corrected chi connectivity index (χ1v) is 5.28. The van der Waals surface area contributed by atoms with Crippen LogP contribution in [0.15, 0.2) is 12.7 Å². The molecule has 0 bridgehead atoms. The van der Waals surface area contributed by atoms with Gasteiger partial charge in [-0.2, -0.15) is 0 Å². The van der Waals surface area contributed by atoms with Crippen molar-refractivity contribution in [2.24, 2.45) is 0 Å². The lowest BCUT2D eigenvalue weighted by Crippen LogP contribution is -2.43. The number of hydrogen-bond acceptors (Lipinski definition) is 2. The Balaban J connectivity index is 3.97. The third-order valence-electron chi connectivity index (χ3n) is 2.35. The summed E-state index contributed by atoms with van der Waals surface area (Å²) < 4.78 is 0. The molecule has 1 atom stereocenters. The van der Waals surface area contributed by atoms with Gasteiger partial charge < -0.3 is 10.2 Å². The molecule has 1 unspecified atom stereocenters. The Morgan fingerprint density at radius 1 is 1.57 bits per heavy atom. The van der Waals surface area contributed by atoms with Gasteiger partial charge in [-0.05, 0) is 20.3 Å². The summed E-state index contributed by atoms with van der Waals surface area (Å²) in [5.74, 6) is 0.170. The third-order valence-corrected chi connectivity index (χ3v) is 2.35. The van der Waals surface area contributed by atoms with Crippen LogP contribution in [0, 0.1) is 0 Å². The first kappa shape index (κ1) is 13.2. The highest BCUT2D eigenvalue weighted by molar-refractivity contribution is 5.78. The van der Waals surface area contributed by atoms with Crippen LogP contribution in [0.4, 0.5) is 0 Å². The number of carbonyl (C=O) groups excluding carboxylic acids is 1. The number of carbonyl (C=O) groups is 1. The van der Waals surface area contributed by atoms with E-state index in [9.17, 15) is 4.79 Å². The van der Waals surface area contributed by atoms with E-state index in [0.717, 1.165) is 13.0 Å². The second-order valence-electron chi connectivity index (χ2n) is 3.36. The predicted octanol–water partition coefficient (Wildman–Crippen LogP) is 1.41. The van der Waals surface area contributed by atoms with Crippen molar-refractivity contribution in [2.45, 2.75) is 33.2 Å². The maximum absolute atomic E-state index is 11.7. The number of nitrogens with zero attached hydrogens (tertiary/aromatic N) is 1. The fraction of sp³-hybridized carbons (Fsp3) is 0.727. The third kappa shape index (κ3) is 4.42. The van der Waals surface area contributed by atoms with E-state index in [1.165, 1.54) is 0 Å². The number of amides is 1. The van der Waals surface area contributed by atoms with Crippen LogP contribution < -0.4 is 5.32 Å². The zero-order valence-electron chi connectivity index (χ0n) is 9.55. The minimum Gasteiger partial charge on any atom is -0.339 e. The van der Waals surface area contributed by atoms with Crippen LogP contribution in [0.25, 0.3) is 0 Å². The number of likely N-dealkylation sites (N-methyl/N-ethyl adjacent to an activating group) is 1. The fourth-order valence-electron chi connectivity index (χ4n) is 1.34. The minimum atomic E-state index is 0.170. The Bertz CT molecular complexity index is 180. The molecule has 1 amide bonds. The van der Waals surface area contributed by atoms with E-state index in [1.54, 1.807) is 6.08 Å². The summed E-state index contributed by atoms with van der Waals surface area (Å²) in [4.78, 5) is 13.6. The average molecular weight is 198 g/mol. The van der Waals surface area contributed by atoms with Gasteiger partial charge in [0.2, 0.25) is 5.91 Å². The molecule has 0 fully saturated rings. The summed E-state index contributed by atoms with van der Waals surface area (Å²) in [7, 11) is 0. The summed E-state index contributed by atoms with van der Waals surface area (Å²) in [6.45, 7) is 11.6. The van der Waals surface area contributed by atoms with Crippen LogP contribution in [-0.2, 0) is 4.79 Å². The van der Waals surface area contributed by atoms with Crippen LogP contribution >= 0.6 is 0 Å². The molecule has 1 N–H and O–H groups in total. The minimum absolute atomic E-state index is 0.170. The summed E-state index contributed by atoms with van der Waals surface area (Å²) in [6.07, 6.45) is 2.76. The highest BCUT2D eigenvalue weighted by Crippen LogP contribution is 2.02. The molecule has 0 heterocycles. The molecule has 3 heteroatoms. The van der Waals surface area contributed by atoms with E-state index in [2.05, 4.69) is 25.7 Å². The molecule has 0 aromatic heterocycles. The zero-order valence-corrected chi connectivity index (χ0v) is 9.55. The number of rotatable bonds is 7. The molecule has 0 aliphatic heterocycles. The number of nitrogens with one attached hydrogen (secondary N) is 1. The largest absolute Gasteiger partial charge is 0.339 e. The molecule has 0 radical (unpaired) electrons. The maximum atomic E-state index is 11.7. The molecular formula is C11H22N2O. The van der Waals surface area contributed by atoms with Crippen LogP contribution in [0.1, 0.15) is 27.2 Å². The standard InChI is InChI=1S/C11H22N2O/c1-5-8-12-9-11(14)13(7-3)10(4)6-2/h5,10,12H,1,6-9H2,2-4H3. The van der Waals surface area contributed by atoms with Gasteiger partial charge in [0.05, 0.1) is 6.54 Å². The first-order valence-electron chi connectivity index (χ1n) is 5.28. The first-order chi connectivity index (χ1) is 6.67. The van der Waals surface area contributed by atoms with Gasteiger partial charge in [-0.25, -0.2) is 0 Å². The van der Waals surface area contributed by atoms with E-state index in [4.69, 9.17) is 0 Å². The van der Waals surface area contributed by atoms with Crippen molar-refractivity contribution in [1.82, 2.24) is 10.2 Å². The molecule has 0 aromatic carbocycles. The van der Waals surface area contributed by atoms with Crippen LogP contribution in [0.3, 0.4) is 0 Å². The molecule has 0 aliphatic carbocycles. The molecular weight excluding hydrogens is 176 g/mol. The molecule has 0 rings (SSSR count). The van der Waals surface area contributed by atoms with Crippen molar-refractivity contribution in [1.29, 1.82) is 0 Å². The predicted molar refractivity (Wildman–Crippen MR) is 60.2 cm³/mol. The van der Waals surface area contributed by atoms with Gasteiger partial charge in [0.1, 0.15) is 0 Å². The van der Waals surface area contributed by atoms with Crippen molar-refractivity contribution in [2.75, 3.05) is 19.6 Å². The van der Waals surface area contributed by atoms with E-state index >= 15 is 0 Å². The Labute approximate surface area is 87.2 Å². The Kier molecular flexibility index (Phi) is 7.11. The zero-order chi connectivity index (χ0) is 11.0. The van der Waals surface area contributed by atoms with E-state index < -0.39 is 0 Å². The number of hydrogen-bond donors (Lipinski definition) is 1. The molecule has 14 heavy (non-hydrogen) atoms. The molecule has 0 saturated carbocycles. The summed E-state index contributed by atoms with van der Waals surface area (Å²) in [6, 6.07) is 0.332. The van der Waals surface area contributed by atoms with Crippen LogP contribution in [-0.4, -0.2) is 36.5 Å². The van der Waals surface area contributed by atoms with Crippen LogP contribution in [0.5, 0.6) is 0 Å². The van der Waals surface area contributed by atoms with Gasteiger partial charge >= 0.3 is 0 Å². The lowest BCUT2D eigenvalue weighted by molar-refractivity contribution is -0.132. The Morgan fingerprint density at radius 3 is 2.64 bits per heavy atom. The lowest BCUT2D eigenvalue weighted by atomic mass is 10.2. The normalized spacial score (nSPS) is 12.2. The highest BCUT2D eigenvalue weighted by atomic mass is 16.2. The van der Waals surface area contributed by atoms with Gasteiger partial charge in [0.25, 0.3) is 0 Å². The van der Waals surface area contributed by atoms with Gasteiger partial charge in [-0.15, -0.1) is 6.58 Å². The Hall–Kier alpha value is -0.830. The molecule has 0 saturated heterocycles. The van der Waals surface area contributed by atoms with Crippen molar-refractivity contribution < 1.29 is 4.79 Å². The van der Waals surface area contributed by atoms with Crippen molar-refractivity contribution in [3.63, 3.8) is 0 Å². The SMILES string of the molecule is C=CCNCC(=O)N(CC)C(C)CC. The van der Waals surface area contributed by atoms with Gasteiger partial charge in [-0.3, -0.25) is 4.79 Å². The van der Waals surface area contributed by atoms with Crippen molar-refractivity contribution in [3.05, 3.63) is 12.7 Å². The summed E-state index contributed by atoms with van der Waals surface area (Å²) in [5.41, 5.74) is 0. The van der Waals surface area contributed by atoms with Crippen molar-refractivity contribution >= 4 is 5.91 Å². The van der Waals surface area contributed by atoms with Gasteiger partial charge in [-0.1, -0.05) is 13.0 Å². The maximum Gasteiger partial charge on any atom is 0.236 e. The molecule has 0 aromatic rings. The smallest absolute Gasteiger partial charge is 0.236 e. The highest BCUT2D eigenvalue weighted by Gasteiger charge is 2.15. The second-order valence-corrected chi connectivity index (χ2v) is 3.36. The second kappa shape index (κ2) is 7.56. The summed E-state index contributed by atoms with van der Waals surface area (Å²) in [5, 5.41) is 3.02. The van der Waals surface area contributed by atoms with Gasteiger partial charge in [0.15, 0.2) is 0 Å². The van der Waals surface area contributed by atoms with E-state index in [1.807, 2.05) is 11.8 Å². The van der Waals surface area contributed by atoms with Crippen molar-refractivity contribution in [3.8, 4) is 0 Å². The average Bonchev–Trinajstić information content (AvgIpc) is 2.19. The molecule has 0 aliphatic rings. The lowest BCUT2D eigenvalue weighted by Gasteiger charge is -2.27. The molecule has 82 valence electrons. The molecule has 0 spiro atoms. The Morgan fingerprint density at radius 2 is 2.21 bits per heavy atom. The molecule has 3 nitrogen and oxygen atoms in total. The van der Waals surface area contributed by atoms with E-state index in [0.29, 0.717) is 19.1 Å². The van der Waals surface area contributed by atoms with Crippen LogP contribution in [0.2, 0.25) is 0 Å². The fourth-order valence-corrected chi connectivity index (χ4v) is 1.34. The van der Waals surface area contributed by atoms with Gasteiger partial charge in [0, 0.05) is 19.1 Å². The monoisotopic (exact) mass is 198 g/mol. The van der Waals surface area contributed by atoms with E-state index in [-0.39, 0.29) is 5.91 Å². The quantitative estimate of drug-likeness (QED) is 0.495.